The number of carbonyl (C=O) groups excluding carboxylic acids is 2. The number of thioether (sulfide) groups is 1. The Bertz CT molecular complexity index is 772. The number of ether oxygens (including phenoxy) is 1. The molecule has 0 aliphatic rings. The van der Waals surface area contributed by atoms with Gasteiger partial charge in [0, 0.05) is 22.0 Å². The van der Waals surface area contributed by atoms with Gasteiger partial charge in [-0.2, -0.15) is 0 Å². The molecule has 2 rings (SSSR count). The fourth-order valence-corrected chi connectivity index (χ4v) is 4.28. The predicted molar refractivity (Wildman–Crippen MR) is 103 cm³/mol. The molecule has 26 heavy (non-hydrogen) atoms. The van der Waals surface area contributed by atoms with Gasteiger partial charge < -0.3 is 20.1 Å². The summed E-state index contributed by atoms with van der Waals surface area (Å²) in [5.74, 6) is -0.636. The van der Waals surface area contributed by atoms with Gasteiger partial charge in [0.1, 0.15) is 0 Å². The molecule has 1 heterocycles. The topological polar surface area (TPSA) is 91.4 Å². The number of esters is 1. The zero-order valence-corrected chi connectivity index (χ0v) is 16.4. The summed E-state index contributed by atoms with van der Waals surface area (Å²) < 4.78 is 4.62. The fourth-order valence-electron chi connectivity index (χ4n) is 2.80. The van der Waals surface area contributed by atoms with E-state index in [1.54, 1.807) is 0 Å². The Kier molecular flexibility index (Phi) is 7.11. The van der Waals surface area contributed by atoms with Gasteiger partial charge in [0.05, 0.1) is 19.0 Å². The number of nitrogens with one attached hydrogen (secondary N) is 2. The number of H-pyrrole nitrogens is 1. The lowest BCUT2D eigenvalue weighted by molar-refractivity contribution is -0.146. The highest BCUT2D eigenvalue weighted by atomic mass is 32.2. The first-order valence-electron chi connectivity index (χ1n) is 8.59. The lowest BCUT2D eigenvalue weighted by atomic mass is 10.1. The molecule has 0 radical (unpaired) electrons. The second-order valence-corrected chi connectivity index (χ2v) is 7.90. The molecular formula is C19H26N2O4S. The monoisotopic (exact) mass is 378 g/mol. The fraction of sp³-hybridized carbons (Fsp3) is 0.474. The second-order valence-electron chi connectivity index (χ2n) is 6.65. The molecule has 6 nitrogen and oxygen atoms in total. The van der Waals surface area contributed by atoms with Crippen LogP contribution in [0.25, 0.3) is 10.9 Å². The first kappa shape index (κ1) is 20.3. The van der Waals surface area contributed by atoms with Gasteiger partial charge in [-0.1, -0.05) is 26.0 Å². The van der Waals surface area contributed by atoms with E-state index in [1.807, 2.05) is 45.2 Å². The van der Waals surface area contributed by atoms with E-state index in [-0.39, 0.29) is 11.2 Å². The average molecular weight is 378 g/mol. The van der Waals surface area contributed by atoms with Crippen molar-refractivity contribution in [2.45, 2.75) is 43.4 Å². The van der Waals surface area contributed by atoms with Crippen LogP contribution in [0.2, 0.25) is 0 Å². The number of fused-ring (bicyclic) bond motifs is 1. The maximum atomic E-state index is 12.8. The molecule has 142 valence electrons. The molecule has 0 saturated heterocycles. The number of rotatable bonds is 8. The lowest BCUT2D eigenvalue weighted by Crippen LogP contribution is -2.47. The van der Waals surface area contributed by atoms with E-state index >= 15 is 0 Å². The summed E-state index contributed by atoms with van der Waals surface area (Å²) in [6.07, 6.45) is 2.56. The summed E-state index contributed by atoms with van der Waals surface area (Å²) in [5, 5.41) is 12.7. The molecular weight excluding hydrogens is 352 g/mol. The van der Waals surface area contributed by atoms with Crippen LogP contribution in [0, 0.1) is 12.8 Å². The molecule has 1 aromatic heterocycles. The Balaban J connectivity index is 2.23. The maximum Gasteiger partial charge on any atom is 0.330 e. The number of aromatic nitrogens is 1. The zero-order valence-electron chi connectivity index (χ0n) is 15.5. The molecule has 0 bridgehead atoms. The van der Waals surface area contributed by atoms with Gasteiger partial charge in [-0.25, -0.2) is 4.79 Å². The zero-order chi connectivity index (χ0) is 19.3. The van der Waals surface area contributed by atoms with E-state index in [9.17, 15) is 14.7 Å². The smallest absolute Gasteiger partial charge is 0.330 e. The van der Waals surface area contributed by atoms with Crippen molar-refractivity contribution in [3.05, 3.63) is 30.0 Å². The van der Waals surface area contributed by atoms with E-state index in [4.69, 9.17) is 0 Å². The summed E-state index contributed by atoms with van der Waals surface area (Å²) in [6, 6.07) is 4.98. The van der Waals surface area contributed by atoms with Gasteiger partial charge in [-0.15, -0.1) is 11.8 Å². The van der Waals surface area contributed by atoms with Crippen molar-refractivity contribution in [1.82, 2.24) is 10.3 Å². The molecule has 3 N–H and O–H groups in total. The Hall–Kier alpha value is -1.99. The number of methoxy groups -OCH3 is 1. The van der Waals surface area contributed by atoms with Gasteiger partial charge in [-0.05, 0) is 30.9 Å². The Labute approximate surface area is 157 Å². The molecule has 1 aromatic carbocycles. The molecule has 2 atom stereocenters. The van der Waals surface area contributed by atoms with Crippen LogP contribution in [0.3, 0.4) is 0 Å². The van der Waals surface area contributed by atoms with Gasteiger partial charge in [0.25, 0.3) is 0 Å². The minimum absolute atomic E-state index is 0.281. The van der Waals surface area contributed by atoms with Crippen molar-refractivity contribution >= 4 is 34.5 Å². The van der Waals surface area contributed by atoms with Crippen molar-refractivity contribution in [3.63, 3.8) is 0 Å². The van der Waals surface area contributed by atoms with Crippen LogP contribution >= 0.6 is 11.8 Å². The summed E-state index contributed by atoms with van der Waals surface area (Å²) in [6.45, 7) is 5.64. The van der Waals surface area contributed by atoms with Crippen LogP contribution in [0.1, 0.15) is 25.8 Å². The minimum atomic E-state index is -1.05. The summed E-state index contributed by atoms with van der Waals surface area (Å²) >= 11 is 1.47. The largest absolute Gasteiger partial charge is 0.467 e. The van der Waals surface area contributed by atoms with Crippen molar-refractivity contribution in [2.24, 2.45) is 5.92 Å². The number of aryl methyl sites for hydroxylation is 1. The van der Waals surface area contributed by atoms with E-state index in [0.29, 0.717) is 12.3 Å². The molecule has 1 amide bonds. The minimum Gasteiger partial charge on any atom is -0.467 e. The quantitative estimate of drug-likeness (QED) is 0.485. The highest BCUT2D eigenvalue weighted by Gasteiger charge is 2.27. The third-order valence-electron chi connectivity index (χ3n) is 4.11. The van der Waals surface area contributed by atoms with E-state index in [0.717, 1.165) is 21.4 Å². The van der Waals surface area contributed by atoms with Crippen molar-refractivity contribution in [2.75, 3.05) is 13.7 Å². The van der Waals surface area contributed by atoms with Gasteiger partial charge in [-0.3, -0.25) is 4.79 Å². The van der Waals surface area contributed by atoms with Gasteiger partial charge in [0.2, 0.25) is 5.91 Å². The van der Waals surface area contributed by atoms with Crippen molar-refractivity contribution in [3.8, 4) is 0 Å². The highest BCUT2D eigenvalue weighted by molar-refractivity contribution is 8.00. The van der Waals surface area contributed by atoms with Crippen LogP contribution in [0.15, 0.2) is 29.3 Å². The van der Waals surface area contributed by atoms with E-state index < -0.39 is 18.6 Å². The number of carbonyl (C=O) groups is 2. The molecule has 0 unspecified atom stereocenters. The lowest BCUT2D eigenvalue weighted by Gasteiger charge is -2.21. The highest BCUT2D eigenvalue weighted by Crippen LogP contribution is 2.35. The molecule has 0 spiro atoms. The van der Waals surface area contributed by atoms with Crippen LogP contribution in [0.4, 0.5) is 0 Å². The number of amides is 1. The number of benzene rings is 1. The first-order chi connectivity index (χ1) is 12.4. The Morgan fingerprint density at radius 3 is 2.69 bits per heavy atom. The van der Waals surface area contributed by atoms with Gasteiger partial charge >= 0.3 is 5.97 Å². The predicted octanol–water partition coefficient (Wildman–Crippen LogP) is 2.63. The first-order valence-corrected chi connectivity index (χ1v) is 9.47. The molecule has 0 aliphatic heterocycles. The van der Waals surface area contributed by atoms with Crippen molar-refractivity contribution < 1.29 is 19.4 Å². The van der Waals surface area contributed by atoms with Gasteiger partial charge in [0.15, 0.2) is 6.04 Å². The summed E-state index contributed by atoms with van der Waals surface area (Å²) in [4.78, 5) is 28.6. The molecule has 7 heteroatoms. The molecule has 0 aliphatic carbocycles. The van der Waals surface area contributed by atoms with Crippen LogP contribution in [-0.2, 0) is 14.3 Å². The Morgan fingerprint density at radius 1 is 1.35 bits per heavy atom. The molecule has 2 aromatic rings. The molecule has 0 fully saturated rings. The average Bonchev–Trinajstić information content (AvgIpc) is 3.02. The summed E-state index contributed by atoms with van der Waals surface area (Å²) in [7, 11) is 1.23. The van der Waals surface area contributed by atoms with Crippen LogP contribution < -0.4 is 5.32 Å². The third-order valence-corrected chi connectivity index (χ3v) is 5.38. The standard InChI is InChI=1S/C19H26N2O4S/c1-11(2)8-15(18(23)21-14(10-22)19(24)25-4)26-16-9-20-13-7-5-6-12(3)17(13)16/h5-7,9,11,14-15,20,22H,8,10H2,1-4H3,(H,21,23)/t14-,15-/m1/s1. The third kappa shape index (κ3) is 4.80. The number of hydrogen-bond acceptors (Lipinski definition) is 5. The van der Waals surface area contributed by atoms with Crippen molar-refractivity contribution in [1.29, 1.82) is 0 Å². The number of aliphatic hydroxyl groups excluding tert-OH is 1. The second kappa shape index (κ2) is 9.09. The normalized spacial score (nSPS) is 13.6. The van der Waals surface area contributed by atoms with E-state index in [1.165, 1.54) is 18.9 Å². The SMILES string of the molecule is COC(=O)[C@@H](CO)NC(=O)[C@@H](CC(C)C)Sc1c[nH]c2cccc(C)c12. The van der Waals surface area contributed by atoms with Crippen LogP contribution in [-0.4, -0.2) is 47.0 Å². The summed E-state index contributed by atoms with van der Waals surface area (Å²) in [5.41, 5.74) is 2.16. The number of aliphatic hydroxyl groups is 1. The number of hydrogen-bond donors (Lipinski definition) is 3. The maximum absolute atomic E-state index is 12.8. The van der Waals surface area contributed by atoms with Crippen LogP contribution in [0.5, 0.6) is 0 Å². The Morgan fingerprint density at radius 2 is 2.08 bits per heavy atom. The molecule has 0 saturated carbocycles. The number of aromatic amines is 1. The van der Waals surface area contributed by atoms with E-state index in [2.05, 4.69) is 15.0 Å².